The molecule has 42 heavy (non-hydrogen) atoms. The van der Waals surface area contributed by atoms with Gasteiger partial charge in [-0.3, -0.25) is 19.2 Å². The number of fused-ring (bicyclic) bond motifs is 1. The van der Waals surface area contributed by atoms with Gasteiger partial charge in [0.2, 0.25) is 0 Å². The summed E-state index contributed by atoms with van der Waals surface area (Å²) in [6.45, 7) is 0. The van der Waals surface area contributed by atoms with E-state index in [1.807, 2.05) is 66.7 Å². The number of ketones is 2. The van der Waals surface area contributed by atoms with Crippen LogP contribution in [0.5, 0.6) is 0 Å². The largest absolute Gasteiger partial charge is 0.508 e. The van der Waals surface area contributed by atoms with E-state index in [0.717, 1.165) is 11.1 Å². The van der Waals surface area contributed by atoms with E-state index in [0.29, 0.717) is 5.76 Å². The Bertz CT molecular complexity index is 1620. The van der Waals surface area contributed by atoms with Gasteiger partial charge in [-0.25, -0.2) is 0 Å². The highest BCUT2D eigenvalue weighted by atomic mass is 16.6. The fraction of sp³-hybridized carbons (Fsp3) is 0.353. The quantitative estimate of drug-likeness (QED) is 0.331. The second-order valence-electron chi connectivity index (χ2n) is 12.1. The van der Waals surface area contributed by atoms with Crippen LogP contribution < -0.4 is 0 Å². The molecule has 9 atom stereocenters. The molecular formula is C34H28O8. The summed E-state index contributed by atoms with van der Waals surface area (Å²) in [4.78, 5) is 54.7. The topological polar surface area (TPSA) is 116 Å². The third-order valence-corrected chi connectivity index (χ3v) is 10.2. The van der Waals surface area contributed by atoms with Gasteiger partial charge in [0, 0.05) is 41.6 Å². The Morgan fingerprint density at radius 3 is 2.29 bits per heavy atom. The van der Waals surface area contributed by atoms with Crippen LogP contribution >= 0.6 is 0 Å². The van der Waals surface area contributed by atoms with Crippen molar-refractivity contribution in [1.29, 1.82) is 0 Å². The summed E-state index contributed by atoms with van der Waals surface area (Å²) in [5, 5.41) is 11.4. The molecule has 0 amide bonds. The predicted molar refractivity (Wildman–Crippen MR) is 147 cm³/mol. The van der Waals surface area contributed by atoms with Gasteiger partial charge in [-0.05, 0) is 23.3 Å². The smallest absolute Gasteiger partial charge is 0.306 e. The van der Waals surface area contributed by atoms with Crippen molar-refractivity contribution < 1.29 is 38.5 Å². The normalized spacial score (nSPS) is 39.0. The highest BCUT2D eigenvalue weighted by Crippen LogP contribution is 2.70. The van der Waals surface area contributed by atoms with Crippen molar-refractivity contribution in [1.82, 2.24) is 0 Å². The lowest BCUT2D eigenvalue weighted by Gasteiger charge is -2.62. The molecule has 2 aromatic carbocycles. The fourth-order valence-corrected chi connectivity index (χ4v) is 8.69. The maximum atomic E-state index is 14.7. The lowest BCUT2D eigenvalue weighted by Crippen LogP contribution is -2.69. The minimum absolute atomic E-state index is 0.00701. The molecule has 4 aliphatic carbocycles. The number of Topliss-reactive ketones (excluding diaryl/α,β-unsaturated/α-hetero) is 2. The molecule has 2 saturated carbocycles. The maximum absolute atomic E-state index is 14.7. The van der Waals surface area contributed by atoms with Crippen LogP contribution in [0.25, 0.3) is 6.08 Å². The number of ether oxygens (including phenoxy) is 3. The first-order valence-corrected chi connectivity index (χ1v) is 14.4. The second kappa shape index (κ2) is 9.02. The molecule has 8 heteroatoms. The van der Waals surface area contributed by atoms with E-state index >= 15 is 0 Å². The average molecular weight is 565 g/mol. The van der Waals surface area contributed by atoms with Crippen LogP contribution in [0.3, 0.4) is 0 Å². The number of allylic oxidation sites excluding steroid dienone is 2. The molecule has 7 aliphatic rings. The van der Waals surface area contributed by atoms with Gasteiger partial charge < -0.3 is 19.3 Å². The van der Waals surface area contributed by atoms with E-state index in [1.54, 1.807) is 6.08 Å². The molecule has 2 aromatic rings. The molecule has 2 unspecified atom stereocenters. The molecule has 9 rings (SSSR count). The van der Waals surface area contributed by atoms with Gasteiger partial charge in [0.25, 0.3) is 0 Å². The predicted octanol–water partition coefficient (Wildman–Crippen LogP) is 4.43. The van der Waals surface area contributed by atoms with Crippen LogP contribution in [0.1, 0.15) is 36.5 Å². The maximum Gasteiger partial charge on any atom is 0.306 e. The lowest BCUT2D eigenvalue weighted by atomic mass is 9.41. The summed E-state index contributed by atoms with van der Waals surface area (Å²) in [6.07, 6.45) is 3.09. The van der Waals surface area contributed by atoms with Crippen molar-refractivity contribution in [3.05, 3.63) is 101 Å². The molecule has 3 saturated heterocycles. The second-order valence-corrected chi connectivity index (χ2v) is 12.1. The number of aliphatic hydroxyl groups is 1. The van der Waals surface area contributed by atoms with Gasteiger partial charge >= 0.3 is 11.9 Å². The van der Waals surface area contributed by atoms with Crippen molar-refractivity contribution in [3.8, 4) is 0 Å². The molecule has 3 aliphatic heterocycles. The van der Waals surface area contributed by atoms with E-state index in [9.17, 15) is 24.3 Å². The number of carbonyl (C=O) groups is 4. The molecule has 1 N–H and O–H groups in total. The number of aliphatic hydroxyl groups excluding tert-OH is 1. The van der Waals surface area contributed by atoms with E-state index in [4.69, 9.17) is 14.2 Å². The van der Waals surface area contributed by atoms with E-state index in [-0.39, 0.29) is 36.4 Å². The zero-order valence-corrected chi connectivity index (χ0v) is 22.6. The van der Waals surface area contributed by atoms with Crippen LogP contribution in [0.4, 0.5) is 0 Å². The van der Waals surface area contributed by atoms with Crippen molar-refractivity contribution in [2.45, 2.75) is 37.6 Å². The van der Waals surface area contributed by atoms with E-state index in [2.05, 4.69) is 0 Å². The highest BCUT2D eigenvalue weighted by Gasteiger charge is 2.77. The van der Waals surface area contributed by atoms with Gasteiger partial charge in [0.15, 0.2) is 11.6 Å². The summed E-state index contributed by atoms with van der Waals surface area (Å²) in [5.41, 5.74) is 0.320. The van der Waals surface area contributed by atoms with Crippen LogP contribution in [0.15, 0.2) is 89.9 Å². The molecule has 0 radical (unpaired) electrons. The molecular weight excluding hydrogens is 536 g/mol. The fourth-order valence-electron chi connectivity index (χ4n) is 8.69. The van der Waals surface area contributed by atoms with E-state index < -0.39 is 71.0 Å². The summed E-state index contributed by atoms with van der Waals surface area (Å²) >= 11 is 0. The SMILES string of the molecule is O=C1C[C@@H]2/C(=C(O)\C=C\c3ccccc3)C(=O)[C@@H]3[C@@H](C4C=C5O[C@H](c6ccccc6)CC(=O)C53[C@H]3CC(=O)O[C@@H]43)[C@@H]2O1. The van der Waals surface area contributed by atoms with Crippen molar-refractivity contribution >= 4 is 29.6 Å². The van der Waals surface area contributed by atoms with Gasteiger partial charge in [0.1, 0.15) is 35.2 Å². The first kappa shape index (κ1) is 25.3. The van der Waals surface area contributed by atoms with Crippen LogP contribution in [-0.2, 0) is 33.4 Å². The molecule has 2 bridgehead atoms. The summed E-state index contributed by atoms with van der Waals surface area (Å²) in [7, 11) is 0. The van der Waals surface area contributed by atoms with Gasteiger partial charge in [-0.1, -0.05) is 66.7 Å². The van der Waals surface area contributed by atoms with Gasteiger partial charge in [0.05, 0.1) is 12.8 Å². The lowest BCUT2D eigenvalue weighted by molar-refractivity contribution is -0.197. The standard InChI is InChI=1S/C34H28O8/c35-22(12-11-17-7-3-1-4-8-17)28-20-14-26(37)42-33(20)29-19-13-25-34(30(29)31(28)39,21-15-27(38)41-32(19)21)24(36)16-23(40-25)18-9-5-2-6-10-18/h1-13,19-21,23,29-30,32-33,35H,14-16H2/b12-11+,28-22-/t19?,20-,21+,23+,29-,30+,32+,33-,34?/m1/s1. The Balaban J connectivity index is 1.28. The first-order valence-electron chi connectivity index (χ1n) is 14.4. The number of rotatable bonds is 3. The van der Waals surface area contributed by atoms with Gasteiger partial charge in [-0.15, -0.1) is 0 Å². The Labute approximate surface area is 241 Å². The molecule has 1 spiro atoms. The highest BCUT2D eigenvalue weighted by molar-refractivity contribution is 6.07. The molecule has 0 aromatic heterocycles. The van der Waals surface area contributed by atoms with Crippen molar-refractivity contribution in [2.24, 2.45) is 35.0 Å². The van der Waals surface area contributed by atoms with Crippen LogP contribution in [0.2, 0.25) is 0 Å². The summed E-state index contributed by atoms with van der Waals surface area (Å²) in [5.74, 6) is -4.59. The minimum atomic E-state index is -1.45. The Kier molecular flexibility index (Phi) is 5.42. The molecule has 3 heterocycles. The monoisotopic (exact) mass is 564 g/mol. The number of benzene rings is 2. The third-order valence-electron chi connectivity index (χ3n) is 10.2. The number of carbonyl (C=O) groups excluding carboxylic acids is 4. The zero-order chi connectivity index (χ0) is 28.7. The van der Waals surface area contributed by atoms with Gasteiger partial charge in [-0.2, -0.15) is 0 Å². The minimum Gasteiger partial charge on any atom is -0.508 e. The molecule has 8 nitrogen and oxygen atoms in total. The Morgan fingerprint density at radius 2 is 1.52 bits per heavy atom. The third kappa shape index (κ3) is 3.35. The van der Waals surface area contributed by atoms with Crippen LogP contribution in [-0.4, -0.2) is 40.8 Å². The summed E-state index contributed by atoms with van der Waals surface area (Å²) in [6, 6.07) is 18.8. The van der Waals surface area contributed by atoms with Crippen LogP contribution in [0, 0.1) is 35.0 Å². The molecule has 5 fully saturated rings. The van der Waals surface area contributed by atoms with E-state index in [1.165, 1.54) is 6.08 Å². The molecule has 212 valence electrons. The Morgan fingerprint density at radius 1 is 0.833 bits per heavy atom. The zero-order valence-electron chi connectivity index (χ0n) is 22.6. The Hall–Kier alpha value is -4.46. The first-order chi connectivity index (χ1) is 20.4. The summed E-state index contributed by atoms with van der Waals surface area (Å²) < 4.78 is 18.2. The average Bonchev–Trinajstić information content (AvgIpc) is 3.59. The number of hydrogen-bond acceptors (Lipinski definition) is 8. The van der Waals surface area contributed by atoms with Crippen molar-refractivity contribution in [2.75, 3.05) is 0 Å². The number of esters is 2. The number of hydrogen-bond donors (Lipinski definition) is 1. The van der Waals surface area contributed by atoms with Crippen molar-refractivity contribution in [3.63, 3.8) is 0 Å².